The lowest BCUT2D eigenvalue weighted by Gasteiger charge is -2.37. The fourth-order valence-corrected chi connectivity index (χ4v) is 3.23. The molecule has 0 aromatic heterocycles. The van der Waals surface area contributed by atoms with E-state index in [1.54, 1.807) is 6.92 Å². The highest BCUT2D eigenvalue weighted by molar-refractivity contribution is 7.86. The van der Waals surface area contributed by atoms with Crippen LogP contribution in [0, 0.1) is 0 Å². The molecule has 1 amide bonds. The summed E-state index contributed by atoms with van der Waals surface area (Å²) in [4.78, 5) is 13.7. The van der Waals surface area contributed by atoms with Gasteiger partial charge in [0.2, 0.25) is 0 Å². The van der Waals surface area contributed by atoms with Gasteiger partial charge < -0.3 is 9.64 Å². The van der Waals surface area contributed by atoms with Crippen LogP contribution in [-0.4, -0.2) is 44.4 Å². The maximum atomic E-state index is 12.2. The van der Waals surface area contributed by atoms with Gasteiger partial charge in [-0.05, 0) is 25.3 Å². The summed E-state index contributed by atoms with van der Waals surface area (Å²) in [5, 5.41) is 0. The normalized spacial score (nSPS) is 22.4. The highest BCUT2D eigenvalue weighted by Gasteiger charge is 2.34. The van der Waals surface area contributed by atoms with E-state index in [1.807, 2.05) is 30.3 Å². The van der Waals surface area contributed by atoms with E-state index in [-0.39, 0.29) is 12.6 Å². The Bertz CT molecular complexity index is 602. The first kappa shape index (κ1) is 16.8. The van der Waals surface area contributed by atoms with Crippen LogP contribution in [-0.2, 0) is 25.6 Å². The van der Waals surface area contributed by atoms with Crippen molar-refractivity contribution in [2.75, 3.05) is 12.8 Å². The Balaban J connectivity index is 1.94. The Morgan fingerprint density at radius 3 is 2.64 bits per heavy atom. The van der Waals surface area contributed by atoms with Gasteiger partial charge in [0, 0.05) is 6.54 Å². The van der Waals surface area contributed by atoms with Gasteiger partial charge in [-0.25, -0.2) is 4.79 Å². The summed E-state index contributed by atoms with van der Waals surface area (Å²) in [5.74, 6) is 0. The van der Waals surface area contributed by atoms with Crippen molar-refractivity contribution < 1.29 is 22.1 Å². The summed E-state index contributed by atoms with van der Waals surface area (Å²) in [6.07, 6.45) is 1.35. The van der Waals surface area contributed by atoms with E-state index in [0.29, 0.717) is 19.4 Å². The van der Waals surface area contributed by atoms with E-state index in [4.69, 9.17) is 8.92 Å². The van der Waals surface area contributed by atoms with Gasteiger partial charge in [-0.2, -0.15) is 8.42 Å². The smallest absolute Gasteiger partial charge is 0.410 e. The molecule has 0 radical (unpaired) electrons. The Morgan fingerprint density at radius 2 is 2.00 bits per heavy atom. The van der Waals surface area contributed by atoms with E-state index in [0.717, 1.165) is 11.8 Å². The van der Waals surface area contributed by atoms with Crippen LogP contribution in [0.1, 0.15) is 25.3 Å². The Kier molecular flexibility index (Phi) is 5.42. The van der Waals surface area contributed by atoms with Crippen molar-refractivity contribution in [2.45, 2.75) is 38.5 Å². The molecule has 1 heterocycles. The van der Waals surface area contributed by atoms with Crippen LogP contribution in [0.5, 0.6) is 0 Å². The molecule has 7 heteroatoms. The molecule has 22 heavy (non-hydrogen) atoms. The summed E-state index contributed by atoms with van der Waals surface area (Å²) in [5.41, 5.74) is 0.907. The molecule has 1 aliphatic heterocycles. The Morgan fingerprint density at radius 1 is 1.32 bits per heavy atom. The second-order valence-electron chi connectivity index (χ2n) is 5.46. The predicted molar refractivity (Wildman–Crippen MR) is 81.7 cm³/mol. The number of piperidine rings is 1. The van der Waals surface area contributed by atoms with Crippen LogP contribution < -0.4 is 0 Å². The summed E-state index contributed by atoms with van der Waals surface area (Å²) >= 11 is 0. The molecule has 0 N–H and O–H groups in total. The monoisotopic (exact) mass is 327 g/mol. The minimum absolute atomic E-state index is 0.195. The van der Waals surface area contributed by atoms with Crippen LogP contribution >= 0.6 is 0 Å². The van der Waals surface area contributed by atoms with E-state index in [2.05, 4.69) is 0 Å². The first-order chi connectivity index (χ1) is 10.4. The maximum absolute atomic E-state index is 12.2. The number of ether oxygens (including phenoxy) is 1. The number of hydrogen-bond acceptors (Lipinski definition) is 5. The number of hydrogen-bond donors (Lipinski definition) is 0. The SMILES string of the molecule is CC1C(OS(C)(=O)=O)CCCN1C(=O)OCc1ccccc1. The lowest BCUT2D eigenvalue weighted by atomic mass is 10.0. The van der Waals surface area contributed by atoms with Gasteiger partial charge in [0.25, 0.3) is 10.1 Å². The van der Waals surface area contributed by atoms with Gasteiger partial charge in [0.1, 0.15) is 6.61 Å². The molecule has 2 atom stereocenters. The highest BCUT2D eigenvalue weighted by atomic mass is 32.2. The second-order valence-corrected chi connectivity index (χ2v) is 7.06. The quantitative estimate of drug-likeness (QED) is 0.792. The second kappa shape index (κ2) is 7.11. The molecule has 0 spiro atoms. The van der Waals surface area contributed by atoms with Crippen molar-refractivity contribution in [2.24, 2.45) is 0 Å². The number of benzene rings is 1. The van der Waals surface area contributed by atoms with Gasteiger partial charge >= 0.3 is 6.09 Å². The average Bonchev–Trinajstić information content (AvgIpc) is 2.47. The van der Waals surface area contributed by atoms with E-state index in [9.17, 15) is 13.2 Å². The third-order valence-corrected chi connectivity index (χ3v) is 4.25. The fourth-order valence-electron chi connectivity index (χ4n) is 2.52. The van der Waals surface area contributed by atoms with E-state index >= 15 is 0 Å². The summed E-state index contributed by atoms with van der Waals surface area (Å²) in [7, 11) is -3.54. The predicted octanol–water partition coefficient (Wildman–Crippen LogP) is 2.15. The first-order valence-electron chi connectivity index (χ1n) is 7.22. The molecular weight excluding hydrogens is 306 g/mol. The lowest BCUT2D eigenvalue weighted by Crippen LogP contribution is -2.50. The zero-order valence-corrected chi connectivity index (χ0v) is 13.6. The minimum Gasteiger partial charge on any atom is -0.445 e. The van der Waals surface area contributed by atoms with Crippen LogP contribution in [0.15, 0.2) is 30.3 Å². The van der Waals surface area contributed by atoms with Crippen molar-refractivity contribution in [3.63, 3.8) is 0 Å². The number of rotatable bonds is 4. The largest absolute Gasteiger partial charge is 0.445 e. The topological polar surface area (TPSA) is 72.9 Å². The zero-order valence-electron chi connectivity index (χ0n) is 12.8. The molecule has 1 aromatic carbocycles. The van der Waals surface area contributed by atoms with Crippen molar-refractivity contribution in [1.29, 1.82) is 0 Å². The molecule has 1 aliphatic rings. The molecule has 1 aromatic rings. The molecule has 1 fully saturated rings. The van der Waals surface area contributed by atoms with Crippen molar-refractivity contribution in [1.82, 2.24) is 4.90 Å². The Hall–Kier alpha value is -1.60. The molecule has 0 bridgehead atoms. The van der Waals surface area contributed by atoms with Crippen LogP contribution in [0.3, 0.4) is 0 Å². The van der Waals surface area contributed by atoms with E-state index in [1.165, 1.54) is 4.90 Å². The van der Waals surface area contributed by atoms with Gasteiger partial charge in [-0.15, -0.1) is 0 Å². The fraction of sp³-hybridized carbons (Fsp3) is 0.533. The molecule has 2 rings (SSSR count). The van der Waals surface area contributed by atoms with Crippen molar-refractivity contribution >= 4 is 16.2 Å². The molecule has 0 aliphatic carbocycles. The number of likely N-dealkylation sites (tertiary alicyclic amines) is 1. The minimum atomic E-state index is -3.54. The van der Waals surface area contributed by atoms with Crippen LogP contribution in [0.4, 0.5) is 4.79 Å². The average molecular weight is 327 g/mol. The summed E-state index contributed by atoms with van der Waals surface area (Å²) < 4.78 is 32.9. The summed E-state index contributed by atoms with van der Waals surface area (Å²) in [6.45, 7) is 2.51. The van der Waals surface area contributed by atoms with Crippen LogP contribution in [0.2, 0.25) is 0 Å². The maximum Gasteiger partial charge on any atom is 0.410 e. The van der Waals surface area contributed by atoms with Gasteiger partial charge in [0.15, 0.2) is 0 Å². The van der Waals surface area contributed by atoms with E-state index < -0.39 is 22.3 Å². The molecule has 122 valence electrons. The van der Waals surface area contributed by atoms with Crippen molar-refractivity contribution in [3.8, 4) is 0 Å². The number of amides is 1. The molecule has 6 nitrogen and oxygen atoms in total. The zero-order chi connectivity index (χ0) is 16.2. The lowest BCUT2D eigenvalue weighted by molar-refractivity contribution is 0.0242. The molecule has 1 saturated heterocycles. The molecule has 2 unspecified atom stereocenters. The molecule has 0 saturated carbocycles. The number of nitrogens with zero attached hydrogens (tertiary/aromatic N) is 1. The number of carbonyl (C=O) groups is 1. The standard InChI is InChI=1S/C15H21NO5S/c1-12-14(21-22(2,18)19)9-6-10-16(12)15(17)20-11-13-7-4-3-5-8-13/h3-5,7-8,12,14H,6,9-11H2,1-2H3. The Labute approximate surface area is 131 Å². The van der Waals surface area contributed by atoms with Gasteiger partial charge in [-0.3, -0.25) is 4.18 Å². The van der Waals surface area contributed by atoms with Crippen molar-refractivity contribution in [3.05, 3.63) is 35.9 Å². The third-order valence-electron chi connectivity index (χ3n) is 3.66. The summed E-state index contributed by atoms with van der Waals surface area (Å²) in [6, 6.07) is 9.06. The third kappa shape index (κ3) is 4.71. The van der Waals surface area contributed by atoms with Crippen LogP contribution in [0.25, 0.3) is 0 Å². The highest BCUT2D eigenvalue weighted by Crippen LogP contribution is 2.22. The van der Waals surface area contributed by atoms with Gasteiger partial charge in [0.05, 0.1) is 18.4 Å². The molecular formula is C15H21NO5S. The van der Waals surface area contributed by atoms with Gasteiger partial charge in [-0.1, -0.05) is 30.3 Å². The number of carbonyl (C=O) groups excluding carboxylic acids is 1. The first-order valence-corrected chi connectivity index (χ1v) is 9.04.